The minimum Gasteiger partial charge on any atom is -0.364 e. The van der Waals surface area contributed by atoms with Gasteiger partial charge in [-0.1, -0.05) is 11.6 Å². The fraction of sp³-hybridized carbons (Fsp3) is 0.500. The Bertz CT molecular complexity index is 1140. The number of primary amides is 1. The number of rotatable bonds is 5. The number of carbonyl (C=O) groups excluding carboxylic acids is 3. The molecule has 34 heavy (non-hydrogen) atoms. The lowest BCUT2D eigenvalue weighted by molar-refractivity contribution is -0.133. The van der Waals surface area contributed by atoms with Gasteiger partial charge in [0.1, 0.15) is 11.5 Å². The van der Waals surface area contributed by atoms with Crippen LogP contribution in [0.3, 0.4) is 0 Å². The predicted molar refractivity (Wildman–Crippen MR) is 124 cm³/mol. The van der Waals surface area contributed by atoms with Crippen LogP contribution in [0.5, 0.6) is 0 Å². The van der Waals surface area contributed by atoms with Gasteiger partial charge < -0.3 is 20.5 Å². The molecule has 3 amide bonds. The van der Waals surface area contributed by atoms with Crippen molar-refractivity contribution in [2.75, 3.05) is 11.4 Å². The number of hydrogen-bond acceptors (Lipinski definition) is 4. The van der Waals surface area contributed by atoms with Crippen LogP contribution in [0, 0.1) is 11.2 Å². The number of anilines is 1. The molecule has 2 saturated carbocycles. The van der Waals surface area contributed by atoms with Gasteiger partial charge in [0.15, 0.2) is 5.69 Å². The molecule has 0 unspecified atom stereocenters. The number of piperidine rings is 1. The second-order valence-electron chi connectivity index (χ2n) is 9.60. The maximum absolute atomic E-state index is 13.6. The zero-order chi connectivity index (χ0) is 24.0. The van der Waals surface area contributed by atoms with Crippen LogP contribution in [0.1, 0.15) is 72.3 Å². The Morgan fingerprint density at radius 2 is 1.88 bits per heavy atom. The van der Waals surface area contributed by atoms with Crippen LogP contribution in [-0.2, 0) is 4.79 Å². The molecule has 10 heteroatoms. The summed E-state index contributed by atoms with van der Waals surface area (Å²) in [5, 5.41) is 0.230. The highest BCUT2D eigenvalue weighted by atomic mass is 35.5. The quantitative estimate of drug-likeness (QED) is 0.670. The van der Waals surface area contributed by atoms with Crippen molar-refractivity contribution in [2.45, 2.75) is 63.5 Å². The summed E-state index contributed by atoms with van der Waals surface area (Å²) in [5.74, 6) is -1.41. The number of amides is 3. The summed E-state index contributed by atoms with van der Waals surface area (Å²) in [5.41, 5.74) is 5.53. The average Bonchev–Trinajstić information content (AvgIpc) is 3.51. The van der Waals surface area contributed by atoms with Gasteiger partial charge in [-0.2, -0.15) is 0 Å². The van der Waals surface area contributed by atoms with Gasteiger partial charge in [-0.25, -0.2) is 9.37 Å². The molecule has 2 aromatic rings. The number of imidazole rings is 1. The van der Waals surface area contributed by atoms with Crippen molar-refractivity contribution >= 4 is 35.0 Å². The molecule has 3 aliphatic rings. The van der Waals surface area contributed by atoms with Crippen molar-refractivity contribution < 1.29 is 18.8 Å². The highest BCUT2D eigenvalue weighted by Gasteiger charge is 2.49. The molecule has 0 radical (unpaired) electrons. The average molecular weight is 488 g/mol. The van der Waals surface area contributed by atoms with Crippen molar-refractivity contribution in [3.8, 4) is 0 Å². The molecule has 1 aromatic heterocycles. The molecular weight excluding hydrogens is 461 g/mol. The number of nitrogens with one attached hydrogen (secondary N) is 1. The molecule has 1 spiro atoms. The third-order valence-corrected chi connectivity index (χ3v) is 7.81. The number of aromatic nitrogens is 2. The monoisotopic (exact) mass is 487 g/mol. The lowest BCUT2D eigenvalue weighted by Gasteiger charge is -2.47. The topological polar surface area (TPSA) is 112 Å². The number of H-pyrrole nitrogens is 1. The summed E-state index contributed by atoms with van der Waals surface area (Å²) in [6, 6.07) is 4.22. The fourth-order valence-electron chi connectivity index (χ4n) is 5.65. The number of hydrogen-bond donors (Lipinski definition) is 2. The van der Waals surface area contributed by atoms with Gasteiger partial charge in [0.2, 0.25) is 5.91 Å². The minimum absolute atomic E-state index is 0.0252. The van der Waals surface area contributed by atoms with Gasteiger partial charge >= 0.3 is 0 Å². The lowest BCUT2D eigenvalue weighted by atomic mass is 9.67. The molecule has 1 saturated heterocycles. The summed E-state index contributed by atoms with van der Waals surface area (Å²) in [6.07, 6.45) is 7.46. The van der Waals surface area contributed by atoms with Gasteiger partial charge in [0, 0.05) is 24.0 Å². The summed E-state index contributed by atoms with van der Waals surface area (Å²) in [7, 11) is 0. The van der Waals surface area contributed by atoms with Crippen LogP contribution >= 0.6 is 11.6 Å². The Morgan fingerprint density at radius 3 is 2.53 bits per heavy atom. The standard InChI is InChI=1S/C24H27ClFN5O3/c25-17-12-14(26)2-5-18(17)30-11-1-8-24(23(30)34)9-6-16(7-10-24)31(15-3-4-15)22(33)20-19(21(27)32)28-13-29-20/h2,5,12-13,15-16H,1,3-4,6-11H2,(H2,27,32)(H,28,29)/t16-,24+. The van der Waals surface area contributed by atoms with E-state index in [2.05, 4.69) is 9.97 Å². The van der Waals surface area contributed by atoms with E-state index in [0.717, 1.165) is 25.7 Å². The molecule has 5 rings (SSSR count). The Morgan fingerprint density at radius 1 is 1.18 bits per heavy atom. The van der Waals surface area contributed by atoms with Crippen LogP contribution in [0.15, 0.2) is 24.5 Å². The van der Waals surface area contributed by atoms with E-state index in [1.165, 1.54) is 18.5 Å². The molecule has 3 fully saturated rings. The second kappa shape index (κ2) is 8.69. The molecule has 180 valence electrons. The van der Waals surface area contributed by atoms with Crippen molar-refractivity contribution in [2.24, 2.45) is 11.1 Å². The van der Waals surface area contributed by atoms with Crippen LogP contribution in [0.2, 0.25) is 5.02 Å². The van der Waals surface area contributed by atoms with E-state index in [0.29, 0.717) is 37.9 Å². The number of halogens is 2. The highest BCUT2D eigenvalue weighted by molar-refractivity contribution is 6.33. The zero-order valence-electron chi connectivity index (χ0n) is 18.7. The van der Waals surface area contributed by atoms with Crippen LogP contribution < -0.4 is 10.6 Å². The lowest BCUT2D eigenvalue weighted by Crippen LogP contribution is -2.53. The van der Waals surface area contributed by atoms with Crippen LogP contribution in [0.4, 0.5) is 10.1 Å². The van der Waals surface area contributed by atoms with Gasteiger partial charge in [0.25, 0.3) is 11.8 Å². The maximum atomic E-state index is 13.6. The maximum Gasteiger partial charge on any atom is 0.275 e. The third kappa shape index (κ3) is 3.96. The first kappa shape index (κ1) is 22.8. The Hall–Kier alpha value is -2.94. The minimum atomic E-state index is -0.716. The first-order chi connectivity index (χ1) is 16.3. The van der Waals surface area contributed by atoms with Crippen molar-refractivity contribution in [1.29, 1.82) is 0 Å². The first-order valence-corrected chi connectivity index (χ1v) is 12.1. The van der Waals surface area contributed by atoms with E-state index in [1.807, 2.05) is 4.90 Å². The molecule has 8 nitrogen and oxygen atoms in total. The van der Waals surface area contributed by atoms with E-state index in [-0.39, 0.29) is 40.3 Å². The molecule has 2 aliphatic carbocycles. The predicted octanol–water partition coefficient (Wildman–Crippen LogP) is 3.66. The Kier molecular flexibility index (Phi) is 5.83. The van der Waals surface area contributed by atoms with Gasteiger partial charge in [0.05, 0.1) is 17.0 Å². The fourth-order valence-corrected chi connectivity index (χ4v) is 5.92. The van der Waals surface area contributed by atoms with E-state index in [1.54, 1.807) is 11.0 Å². The number of nitrogens with zero attached hydrogens (tertiary/aromatic N) is 3. The largest absolute Gasteiger partial charge is 0.364 e. The van der Waals surface area contributed by atoms with Crippen molar-refractivity contribution in [1.82, 2.24) is 14.9 Å². The second-order valence-corrected chi connectivity index (χ2v) is 10.0. The normalized spacial score (nSPS) is 24.9. The summed E-state index contributed by atoms with van der Waals surface area (Å²) < 4.78 is 13.5. The van der Waals surface area contributed by atoms with Crippen LogP contribution in [-0.4, -0.2) is 51.2 Å². The van der Waals surface area contributed by atoms with E-state index >= 15 is 0 Å². The number of carbonyl (C=O) groups is 3. The number of benzene rings is 1. The third-order valence-electron chi connectivity index (χ3n) is 7.51. The van der Waals surface area contributed by atoms with Crippen LogP contribution in [0.25, 0.3) is 0 Å². The molecule has 1 aliphatic heterocycles. The number of aromatic amines is 1. The Balaban J connectivity index is 1.33. The SMILES string of the molecule is NC(=O)c1[nH]cnc1C(=O)N(C1CC1)[C@H]1CC[C@]2(CCCN(c3ccc(F)cc3Cl)C2=O)CC1. The van der Waals surface area contributed by atoms with E-state index in [4.69, 9.17) is 17.3 Å². The van der Waals surface area contributed by atoms with Gasteiger partial charge in [-0.3, -0.25) is 14.4 Å². The number of nitrogens with two attached hydrogens (primary N) is 1. The molecule has 0 atom stereocenters. The molecule has 0 bridgehead atoms. The molecule has 2 heterocycles. The van der Waals surface area contributed by atoms with Gasteiger partial charge in [-0.05, 0) is 69.6 Å². The highest BCUT2D eigenvalue weighted by Crippen LogP contribution is 2.48. The van der Waals surface area contributed by atoms with Crippen molar-refractivity contribution in [3.63, 3.8) is 0 Å². The molecular formula is C24H27ClFN5O3. The smallest absolute Gasteiger partial charge is 0.275 e. The molecule has 3 N–H and O–H groups in total. The van der Waals surface area contributed by atoms with E-state index in [9.17, 15) is 18.8 Å². The summed E-state index contributed by atoms with van der Waals surface area (Å²) >= 11 is 6.26. The van der Waals surface area contributed by atoms with Crippen molar-refractivity contribution in [3.05, 3.63) is 46.8 Å². The zero-order valence-corrected chi connectivity index (χ0v) is 19.5. The van der Waals surface area contributed by atoms with Gasteiger partial charge in [-0.15, -0.1) is 0 Å². The first-order valence-electron chi connectivity index (χ1n) is 11.7. The molecule has 1 aromatic carbocycles. The summed E-state index contributed by atoms with van der Waals surface area (Å²) in [6.45, 7) is 0.553. The Labute approximate surface area is 201 Å². The summed E-state index contributed by atoms with van der Waals surface area (Å²) in [4.78, 5) is 49.0. The van der Waals surface area contributed by atoms with E-state index < -0.39 is 17.1 Å².